The van der Waals surface area contributed by atoms with E-state index in [9.17, 15) is 14.4 Å². The molecule has 3 aromatic carbocycles. The minimum Gasteiger partial charge on any atom is -0.450 e. The topological polar surface area (TPSA) is 76.8 Å². The molecule has 0 aliphatic heterocycles. The summed E-state index contributed by atoms with van der Waals surface area (Å²) in [6.07, 6.45) is 0. The zero-order valence-corrected chi connectivity index (χ0v) is 17.3. The average Bonchev–Trinajstić information content (AvgIpc) is 2.83. The van der Waals surface area contributed by atoms with Crippen molar-refractivity contribution in [2.45, 2.75) is 13.1 Å². The molecule has 0 saturated heterocycles. The summed E-state index contributed by atoms with van der Waals surface area (Å²) < 4.78 is 10.7. The van der Waals surface area contributed by atoms with Crippen molar-refractivity contribution in [3.63, 3.8) is 0 Å². The zero-order valence-electron chi connectivity index (χ0n) is 17.3. The Morgan fingerprint density at radius 1 is 0.781 bits per heavy atom. The Balaban J connectivity index is 1.47. The van der Waals surface area contributed by atoms with Crippen LogP contribution in [0.4, 0.5) is 0 Å². The van der Waals surface area contributed by atoms with E-state index in [1.54, 1.807) is 29.2 Å². The second-order valence-electron chi connectivity index (χ2n) is 7.27. The lowest BCUT2D eigenvalue weighted by atomic mass is 10.1. The van der Waals surface area contributed by atoms with Gasteiger partial charge in [0.2, 0.25) is 5.76 Å². The summed E-state index contributed by atoms with van der Waals surface area (Å²) in [4.78, 5) is 39.2. The molecule has 0 fully saturated rings. The van der Waals surface area contributed by atoms with E-state index in [1.165, 1.54) is 0 Å². The standard InChI is InChI=1S/C26H21NO5/c28-22-15-24(32-23-14-8-7-13-21(22)23)26(30)31-18-25(29)27(16-19-9-3-1-4-10-19)17-20-11-5-2-6-12-20/h1-15H,16-18H2. The van der Waals surface area contributed by atoms with E-state index in [-0.39, 0.29) is 22.7 Å². The molecule has 0 unspecified atom stereocenters. The van der Waals surface area contributed by atoms with E-state index in [2.05, 4.69) is 0 Å². The lowest BCUT2D eigenvalue weighted by molar-refractivity contribution is -0.135. The van der Waals surface area contributed by atoms with Crippen molar-refractivity contribution in [2.75, 3.05) is 6.61 Å². The van der Waals surface area contributed by atoms with Crippen LogP contribution in [0.3, 0.4) is 0 Å². The number of fused-ring (bicyclic) bond motifs is 1. The maximum Gasteiger partial charge on any atom is 0.374 e. The van der Waals surface area contributed by atoms with Crippen LogP contribution in [0.25, 0.3) is 11.0 Å². The van der Waals surface area contributed by atoms with Crippen molar-refractivity contribution >= 4 is 22.8 Å². The van der Waals surface area contributed by atoms with Crippen molar-refractivity contribution < 1.29 is 18.7 Å². The normalized spacial score (nSPS) is 10.6. The molecule has 0 aliphatic carbocycles. The molecule has 0 radical (unpaired) electrons. The number of benzene rings is 3. The van der Waals surface area contributed by atoms with Gasteiger partial charge in [-0.15, -0.1) is 0 Å². The van der Waals surface area contributed by atoms with Gasteiger partial charge < -0.3 is 14.1 Å². The third-order valence-corrected chi connectivity index (χ3v) is 4.95. The molecule has 0 atom stereocenters. The monoisotopic (exact) mass is 427 g/mol. The zero-order chi connectivity index (χ0) is 22.3. The molecule has 4 rings (SSSR count). The summed E-state index contributed by atoms with van der Waals surface area (Å²) in [6.45, 7) is 0.281. The van der Waals surface area contributed by atoms with E-state index in [0.29, 0.717) is 18.5 Å². The fourth-order valence-corrected chi connectivity index (χ4v) is 3.33. The molecule has 0 spiro atoms. The first-order valence-electron chi connectivity index (χ1n) is 10.2. The van der Waals surface area contributed by atoms with Gasteiger partial charge in [-0.25, -0.2) is 4.79 Å². The largest absolute Gasteiger partial charge is 0.450 e. The second kappa shape index (κ2) is 9.75. The van der Waals surface area contributed by atoms with Crippen molar-refractivity contribution in [1.82, 2.24) is 4.90 Å². The molecule has 0 saturated carbocycles. The summed E-state index contributed by atoms with van der Waals surface area (Å²) in [7, 11) is 0. The molecule has 4 aromatic rings. The summed E-state index contributed by atoms with van der Waals surface area (Å²) in [5.41, 5.74) is 1.86. The Hall–Kier alpha value is -4.19. The fraction of sp³-hybridized carbons (Fsp3) is 0.115. The van der Waals surface area contributed by atoms with Crippen LogP contribution in [0.2, 0.25) is 0 Å². The van der Waals surface area contributed by atoms with E-state index in [0.717, 1.165) is 17.2 Å². The summed E-state index contributed by atoms with van der Waals surface area (Å²) in [5, 5.41) is 0.372. The predicted molar refractivity (Wildman–Crippen MR) is 120 cm³/mol. The smallest absolute Gasteiger partial charge is 0.374 e. The van der Waals surface area contributed by atoms with Crippen LogP contribution in [-0.2, 0) is 22.6 Å². The maximum atomic E-state index is 12.9. The molecule has 0 aliphatic rings. The highest BCUT2D eigenvalue weighted by molar-refractivity contribution is 5.90. The van der Waals surface area contributed by atoms with Gasteiger partial charge in [-0.3, -0.25) is 9.59 Å². The van der Waals surface area contributed by atoms with Gasteiger partial charge in [-0.1, -0.05) is 72.8 Å². The highest BCUT2D eigenvalue weighted by Crippen LogP contribution is 2.14. The summed E-state index contributed by atoms with van der Waals surface area (Å²) in [5.74, 6) is -1.45. The number of ether oxygens (including phenoxy) is 1. The number of carbonyl (C=O) groups excluding carboxylic acids is 2. The first-order valence-corrected chi connectivity index (χ1v) is 10.2. The third-order valence-electron chi connectivity index (χ3n) is 4.95. The molecular formula is C26H21NO5. The number of rotatable bonds is 7. The van der Waals surface area contributed by atoms with E-state index in [1.807, 2.05) is 60.7 Å². The van der Waals surface area contributed by atoms with Crippen LogP contribution in [0.5, 0.6) is 0 Å². The van der Waals surface area contributed by atoms with Gasteiger partial charge in [0.05, 0.1) is 5.39 Å². The molecule has 32 heavy (non-hydrogen) atoms. The lowest BCUT2D eigenvalue weighted by Crippen LogP contribution is -2.34. The van der Waals surface area contributed by atoms with Gasteiger partial charge in [-0.05, 0) is 23.3 Å². The number of para-hydroxylation sites is 1. The SMILES string of the molecule is O=C(OCC(=O)N(Cc1ccccc1)Cc1ccccc1)c1cc(=O)c2ccccc2o1. The Morgan fingerprint density at radius 2 is 1.34 bits per heavy atom. The first-order chi connectivity index (χ1) is 15.6. The molecular weight excluding hydrogens is 406 g/mol. The van der Waals surface area contributed by atoms with Crippen molar-refractivity contribution in [3.8, 4) is 0 Å². The van der Waals surface area contributed by atoms with Crippen LogP contribution in [0, 0.1) is 0 Å². The maximum absolute atomic E-state index is 12.9. The van der Waals surface area contributed by atoms with E-state index >= 15 is 0 Å². The Morgan fingerprint density at radius 3 is 1.97 bits per heavy atom. The third kappa shape index (κ3) is 5.10. The quantitative estimate of drug-likeness (QED) is 0.414. The van der Waals surface area contributed by atoms with Gasteiger partial charge >= 0.3 is 5.97 Å². The number of hydrogen-bond donors (Lipinski definition) is 0. The number of amides is 1. The highest BCUT2D eigenvalue weighted by atomic mass is 16.5. The van der Waals surface area contributed by atoms with Crippen LogP contribution >= 0.6 is 0 Å². The fourth-order valence-electron chi connectivity index (χ4n) is 3.33. The van der Waals surface area contributed by atoms with Gasteiger partial charge in [0.15, 0.2) is 12.0 Å². The number of nitrogens with zero attached hydrogens (tertiary/aromatic N) is 1. The van der Waals surface area contributed by atoms with Gasteiger partial charge in [-0.2, -0.15) is 0 Å². The number of hydrogen-bond acceptors (Lipinski definition) is 5. The van der Waals surface area contributed by atoms with Gasteiger partial charge in [0.1, 0.15) is 5.58 Å². The highest BCUT2D eigenvalue weighted by Gasteiger charge is 2.19. The van der Waals surface area contributed by atoms with Crippen LogP contribution in [0.1, 0.15) is 21.7 Å². The Bertz CT molecular complexity index is 1240. The Labute approximate surface area is 184 Å². The average molecular weight is 427 g/mol. The summed E-state index contributed by atoms with van der Waals surface area (Å²) >= 11 is 0. The van der Waals surface area contributed by atoms with E-state index < -0.39 is 12.6 Å². The molecule has 6 nitrogen and oxygen atoms in total. The van der Waals surface area contributed by atoms with Gasteiger partial charge in [0.25, 0.3) is 5.91 Å². The van der Waals surface area contributed by atoms with Crippen LogP contribution in [-0.4, -0.2) is 23.4 Å². The second-order valence-corrected chi connectivity index (χ2v) is 7.27. The van der Waals surface area contributed by atoms with Gasteiger partial charge in [0, 0.05) is 19.2 Å². The molecule has 6 heteroatoms. The number of esters is 1. The molecule has 1 aromatic heterocycles. The van der Waals surface area contributed by atoms with Crippen molar-refractivity contribution in [2.24, 2.45) is 0 Å². The predicted octanol–water partition coefficient (Wildman–Crippen LogP) is 4.18. The van der Waals surface area contributed by atoms with Crippen LogP contribution in [0.15, 0.2) is 100 Å². The molecule has 160 valence electrons. The van der Waals surface area contributed by atoms with E-state index in [4.69, 9.17) is 9.15 Å². The molecule has 0 bridgehead atoms. The molecule has 1 heterocycles. The van der Waals surface area contributed by atoms with Crippen LogP contribution < -0.4 is 5.43 Å². The lowest BCUT2D eigenvalue weighted by Gasteiger charge is -2.23. The minimum absolute atomic E-state index is 0.237. The first kappa shape index (κ1) is 21.1. The molecule has 0 N–H and O–H groups in total. The minimum atomic E-state index is -0.861. The summed E-state index contributed by atoms with van der Waals surface area (Å²) in [6, 6.07) is 26.9. The molecule has 1 amide bonds. The van der Waals surface area contributed by atoms with Crippen molar-refractivity contribution in [1.29, 1.82) is 0 Å². The Kier molecular flexibility index (Phi) is 6.41. The van der Waals surface area contributed by atoms with Crippen molar-refractivity contribution in [3.05, 3.63) is 118 Å². The number of carbonyl (C=O) groups is 2.